The molecule has 1 aromatic carbocycles. The van der Waals surface area contributed by atoms with Gasteiger partial charge in [0.15, 0.2) is 0 Å². The zero-order chi connectivity index (χ0) is 19.2. The van der Waals surface area contributed by atoms with Gasteiger partial charge in [-0.2, -0.15) is 10.4 Å². The third-order valence-electron chi connectivity index (χ3n) is 4.87. The molecule has 0 fully saturated rings. The maximum atomic E-state index is 12.8. The summed E-state index contributed by atoms with van der Waals surface area (Å²) in [6, 6.07) is 9.32. The minimum atomic E-state index is -0.185. The third kappa shape index (κ3) is 4.45. The van der Waals surface area contributed by atoms with E-state index in [1.54, 1.807) is 21.6 Å². The smallest absolute Gasteiger partial charge is 0.337 e. The van der Waals surface area contributed by atoms with E-state index in [4.69, 9.17) is 5.26 Å². The normalized spacial score (nSPS) is 13.5. The molecular formula is C20H25N5O2. The van der Waals surface area contributed by atoms with E-state index in [9.17, 15) is 9.59 Å². The van der Waals surface area contributed by atoms with Crippen molar-refractivity contribution in [3.63, 3.8) is 0 Å². The maximum Gasteiger partial charge on any atom is 0.346 e. The van der Waals surface area contributed by atoms with Crippen LogP contribution in [0.1, 0.15) is 49.6 Å². The van der Waals surface area contributed by atoms with Gasteiger partial charge in [0.05, 0.1) is 11.6 Å². The number of rotatable bonds is 6. The molecule has 1 aliphatic rings. The van der Waals surface area contributed by atoms with E-state index >= 15 is 0 Å². The molecule has 1 amide bonds. The lowest BCUT2D eigenvalue weighted by Crippen LogP contribution is -2.37. The van der Waals surface area contributed by atoms with Gasteiger partial charge in [-0.25, -0.2) is 9.48 Å². The molecule has 7 nitrogen and oxygen atoms in total. The van der Waals surface area contributed by atoms with Gasteiger partial charge in [-0.1, -0.05) is 25.5 Å². The van der Waals surface area contributed by atoms with Crippen LogP contribution in [0, 0.1) is 11.3 Å². The van der Waals surface area contributed by atoms with Crippen molar-refractivity contribution >= 4 is 5.91 Å². The quantitative estimate of drug-likeness (QED) is 0.782. The molecule has 1 aliphatic heterocycles. The number of carbonyl (C=O) groups is 1. The Morgan fingerprint density at radius 3 is 2.74 bits per heavy atom. The molecule has 1 aromatic heterocycles. The minimum absolute atomic E-state index is 0.0326. The lowest BCUT2D eigenvalue weighted by Gasteiger charge is -2.22. The average Bonchev–Trinajstić information content (AvgIpc) is 2.85. The van der Waals surface area contributed by atoms with E-state index in [0.29, 0.717) is 25.2 Å². The zero-order valence-corrected chi connectivity index (χ0v) is 15.7. The standard InChI is InChI=1S/C20H25N5O2/c1-2-11-23(14-17-9-7-16(13-21)8-10-17)19(26)15-25-20(27)24-12-5-3-4-6-18(24)22-25/h7-10H,2-6,11-12,14-15H2,1H3. The van der Waals surface area contributed by atoms with E-state index in [0.717, 1.165) is 43.5 Å². The van der Waals surface area contributed by atoms with Crippen molar-refractivity contribution in [2.24, 2.45) is 0 Å². The van der Waals surface area contributed by atoms with Gasteiger partial charge in [-0.15, -0.1) is 0 Å². The summed E-state index contributed by atoms with van der Waals surface area (Å²) in [6.07, 6.45) is 4.74. The fraction of sp³-hybridized carbons (Fsp3) is 0.500. The van der Waals surface area contributed by atoms with Gasteiger partial charge in [0.1, 0.15) is 12.4 Å². The first-order valence-corrected chi connectivity index (χ1v) is 9.55. The molecule has 0 saturated heterocycles. The van der Waals surface area contributed by atoms with Crippen LogP contribution >= 0.6 is 0 Å². The molecule has 0 radical (unpaired) electrons. The van der Waals surface area contributed by atoms with Crippen LogP contribution in [-0.2, 0) is 30.8 Å². The number of carbonyl (C=O) groups excluding carboxylic acids is 1. The van der Waals surface area contributed by atoms with E-state index in [-0.39, 0.29) is 18.1 Å². The van der Waals surface area contributed by atoms with E-state index in [1.807, 2.05) is 19.1 Å². The zero-order valence-electron chi connectivity index (χ0n) is 15.7. The number of nitrogens with zero attached hydrogens (tertiary/aromatic N) is 5. The third-order valence-corrected chi connectivity index (χ3v) is 4.87. The minimum Gasteiger partial charge on any atom is -0.337 e. The molecule has 0 spiro atoms. The van der Waals surface area contributed by atoms with Crippen LogP contribution in [0.25, 0.3) is 0 Å². The van der Waals surface area contributed by atoms with Crippen molar-refractivity contribution in [3.05, 3.63) is 51.7 Å². The highest BCUT2D eigenvalue weighted by Crippen LogP contribution is 2.11. The number of aromatic nitrogens is 3. The van der Waals surface area contributed by atoms with Crippen LogP contribution in [0.5, 0.6) is 0 Å². The van der Waals surface area contributed by atoms with Gasteiger partial charge in [-0.3, -0.25) is 9.36 Å². The van der Waals surface area contributed by atoms with Crippen LogP contribution in [0.15, 0.2) is 29.1 Å². The molecule has 2 heterocycles. The highest BCUT2D eigenvalue weighted by Gasteiger charge is 2.20. The number of aryl methyl sites for hydroxylation is 1. The monoisotopic (exact) mass is 367 g/mol. The van der Waals surface area contributed by atoms with Crippen molar-refractivity contribution in [2.45, 2.75) is 58.7 Å². The van der Waals surface area contributed by atoms with Crippen molar-refractivity contribution in [1.29, 1.82) is 5.26 Å². The molecule has 142 valence electrons. The highest BCUT2D eigenvalue weighted by molar-refractivity contribution is 5.75. The Kier molecular flexibility index (Phi) is 6.07. The van der Waals surface area contributed by atoms with Gasteiger partial charge >= 0.3 is 5.69 Å². The molecule has 2 aromatic rings. The Morgan fingerprint density at radius 1 is 1.26 bits per heavy atom. The first kappa shape index (κ1) is 18.9. The summed E-state index contributed by atoms with van der Waals surface area (Å²) >= 11 is 0. The van der Waals surface area contributed by atoms with Crippen LogP contribution in [0.3, 0.4) is 0 Å². The van der Waals surface area contributed by atoms with Gasteiger partial charge in [0.25, 0.3) is 0 Å². The van der Waals surface area contributed by atoms with E-state index in [1.165, 1.54) is 4.68 Å². The van der Waals surface area contributed by atoms with E-state index < -0.39 is 0 Å². The van der Waals surface area contributed by atoms with Crippen LogP contribution in [0.2, 0.25) is 0 Å². The molecule has 0 N–H and O–H groups in total. The van der Waals surface area contributed by atoms with Gasteiger partial charge in [0, 0.05) is 26.1 Å². The Labute approximate surface area is 158 Å². The number of hydrogen-bond donors (Lipinski definition) is 0. The summed E-state index contributed by atoms with van der Waals surface area (Å²) in [5.74, 6) is 0.677. The van der Waals surface area contributed by atoms with Crippen molar-refractivity contribution in [2.75, 3.05) is 6.54 Å². The Bertz CT molecular complexity index is 889. The van der Waals surface area contributed by atoms with Crippen LogP contribution in [0.4, 0.5) is 0 Å². The molecule has 0 saturated carbocycles. The topological polar surface area (TPSA) is 83.9 Å². The van der Waals surface area contributed by atoms with Crippen molar-refractivity contribution in [3.8, 4) is 6.07 Å². The molecule has 3 rings (SSSR count). The first-order chi connectivity index (χ1) is 13.1. The second-order valence-corrected chi connectivity index (χ2v) is 6.94. The van der Waals surface area contributed by atoms with Gasteiger partial charge < -0.3 is 4.90 Å². The summed E-state index contributed by atoms with van der Waals surface area (Å²) in [5.41, 5.74) is 1.37. The Balaban J connectivity index is 1.73. The molecule has 0 aliphatic carbocycles. The predicted molar refractivity (Wildman–Crippen MR) is 101 cm³/mol. The fourth-order valence-electron chi connectivity index (χ4n) is 3.42. The van der Waals surface area contributed by atoms with Crippen molar-refractivity contribution in [1.82, 2.24) is 19.2 Å². The second-order valence-electron chi connectivity index (χ2n) is 6.94. The van der Waals surface area contributed by atoms with Gasteiger partial charge in [-0.05, 0) is 37.0 Å². The highest BCUT2D eigenvalue weighted by atomic mass is 16.2. The van der Waals surface area contributed by atoms with Gasteiger partial charge in [0.2, 0.25) is 5.91 Å². The summed E-state index contributed by atoms with van der Waals surface area (Å²) in [5, 5.41) is 13.3. The molecule has 0 atom stereocenters. The number of fused-ring (bicyclic) bond motifs is 1. The first-order valence-electron chi connectivity index (χ1n) is 9.55. The largest absolute Gasteiger partial charge is 0.346 e. The summed E-state index contributed by atoms with van der Waals surface area (Å²) in [4.78, 5) is 27.1. The average molecular weight is 367 g/mol. The molecule has 27 heavy (non-hydrogen) atoms. The lowest BCUT2D eigenvalue weighted by atomic mass is 10.1. The molecular weight excluding hydrogens is 342 g/mol. The lowest BCUT2D eigenvalue weighted by molar-refractivity contribution is -0.132. The second kappa shape index (κ2) is 8.67. The summed E-state index contributed by atoms with van der Waals surface area (Å²) in [6.45, 7) is 3.74. The Hall–Kier alpha value is -2.88. The molecule has 7 heteroatoms. The SMILES string of the molecule is CCCN(Cc1ccc(C#N)cc1)C(=O)Cn1nc2n(c1=O)CCCCC2. The van der Waals surface area contributed by atoms with Crippen LogP contribution < -0.4 is 5.69 Å². The van der Waals surface area contributed by atoms with Crippen molar-refractivity contribution < 1.29 is 4.79 Å². The summed E-state index contributed by atoms with van der Waals surface area (Å²) < 4.78 is 3.02. The number of hydrogen-bond acceptors (Lipinski definition) is 4. The van der Waals surface area contributed by atoms with E-state index in [2.05, 4.69) is 11.2 Å². The fourth-order valence-corrected chi connectivity index (χ4v) is 3.42. The predicted octanol–water partition coefficient (Wildman–Crippen LogP) is 2.08. The summed E-state index contributed by atoms with van der Waals surface area (Å²) in [7, 11) is 0. The number of amides is 1. The molecule has 0 unspecified atom stereocenters. The number of benzene rings is 1. The van der Waals surface area contributed by atoms with Crippen LogP contribution in [-0.4, -0.2) is 31.7 Å². The maximum absolute atomic E-state index is 12.8. The molecule has 0 bridgehead atoms. The number of nitriles is 1. The Morgan fingerprint density at radius 2 is 2.04 bits per heavy atom.